The third kappa shape index (κ3) is 3.15. The lowest BCUT2D eigenvalue weighted by atomic mass is 10.0. The molecule has 0 bridgehead atoms. The van der Waals surface area contributed by atoms with Crippen LogP contribution in [0.4, 0.5) is 0 Å². The molecule has 2 rings (SSSR count). The molecule has 1 heterocycles. The Morgan fingerprint density at radius 3 is 2.76 bits per heavy atom. The van der Waals surface area contributed by atoms with Gasteiger partial charge in [0.05, 0.1) is 5.54 Å². The summed E-state index contributed by atoms with van der Waals surface area (Å²) in [7, 11) is 0. The number of nitrogens with one attached hydrogen (secondary N) is 1. The molecule has 0 aromatic heterocycles. The summed E-state index contributed by atoms with van der Waals surface area (Å²) in [6, 6.07) is 0. The largest absolute Gasteiger partial charge is 0.370 e. The number of hydrogen-bond donors (Lipinski definition) is 2. The quantitative estimate of drug-likeness (QED) is 0.805. The monoisotopic (exact) mass is 255 g/mol. The molecular weight excluding hydrogens is 234 g/mol. The van der Waals surface area contributed by atoms with Crippen LogP contribution >= 0.6 is 11.8 Å². The summed E-state index contributed by atoms with van der Waals surface area (Å²) < 4.78 is 0. The first-order chi connectivity index (χ1) is 7.91. The summed E-state index contributed by atoms with van der Waals surface area (Å²) in [4.78, 5) is 15.8. The molecule has 17 heavy (non-hydrogen) atoms. The minimum absolute atomic E-state index is 0.190. The van der Waals surface area contributed by atoms with Crippen LogP contribution in [0, 0.1) is 0 Å². The number of thioether (sulfide) groups is 1. The third-order valence-electron chi connectivity index (χ3n) is 3.41. The van der Waals surface area contributed by atoms with Crippen molar-refractivity contribution in [3.8, 4) is 0 Å². The lowest BCUT2D eigenvalue weighted by Crippen LogP contribution is -2.44. The molecule has 0 radical (unpaired) electrons. The summed E-state index contributed by atoms with van der Waals surface area (Å²) in [6.45, 7) is 3.97. The summed E-state index contributed by atoms with van der Waals surface area (Å²) in [5.41, 5.74) is 5.13. The van der Waals surface area contributed by atoms with E-state index >= 15 is 0 Å². The van der Waals surface area contributed by atoms with Gasteiger partial charge < -0.3 is 11.1 Å². The highest BCUT2D eigenvalue weighted by Crippen LogP contribution is 2.40. The second-order valence-corrected chi connectivity index (χ2v) is 6.75. The van der Waals surface area contributed by atoms with E-state index in [0.717, 1.165) is 10.9 Å². The lowest BCUT2D eigenvalue weighted by molar-refractivity contribution is -0.119. The zero-order valence-electron chi connectivity index (χ0n) is 10.6. The fraction of sp³-hybridized carbons (Fsp3) is 0.833. The Morgan fingerprint density at radius 1 is 1.53 bits per heavy atom. The van der Waals surface area contributed by atoms with Crippen LogP contribution in [0.1, 0.15) is 46.0 Å². The normalized spacial score (nSPS) is 22.8. The second kappa shape index (κ2) is 4.52. The van der Waals surface area contributed by atoms with Gasteiger partial charge in [-0.2, -0.15) is 0 Å². The number of primary amides is 1. The van der Waals surface area contributed by atoms with E-state index in [-0.39, 0.29) is 17.0 Å². The van der Waals surface area contributed by atoms with Crippen LogP contribution in [0.25, 0.3) is 0 Å². The van der Waals surface area contributed by atoms with Gasteiger partial charge in [0.25, 0.3) is 0 Å². The minimum atomic E-state index is -0.304. The molecule has 0 saturated heterocycles. The summed E-state index contributed by atoms with van der Waals surface area (Å²) in [6.07, 6.45) is 5.34. The Morgan fingerprint density at radius 2 is 2.18 bits per heavy atom. The van der Waals surface area contributed by atoms with Gasteiger partial charge in [0.15, 0.2) is 5.17 Å². The maximum absolute atomic E-state index is 11.0. The van der Waals surface area contributed by atoms with E-state index < -0.39 is 0 Å². The first kappa shape index (κ1) is 12.7. The molecule has 0 unspecified atom stereocenters. The van der Waals surface area contributed by atoms with E-state index in [1.54, 1.807) is 11.8 Å². The number of amides is 1. The highest BCUT2D eigenvalue weighted by molar-refractivity contribution is 8.14. The molecule has 1 saturated carbocycles. The maximum atomic E-state index is 11.0. The fourth-order valence-electron chi connectivity index (χ4n) is 2.61. The van der Waals surface area contributed by atoms with Crippen LogP contribution in [0.2, 0.25) is 0 Å². The fourth-order valence-corrected chi connectivity index (χ4v) is 3.97. The average Bonchev–Trinajstić information content (AvgIpc) is 2.75. The highest BCUT2D eigenvalue weighted by Gasteiger charge is 2.39. The van der Waals surface area contributed by atoms with Gasteiger partial charge in [-0.1, -0.05) is 24.6 Å². The van der Waals surface area contributed by atoms with Crippen molar-refractivity contribution in [2.24, 2.45) is 10.7 Å². The van der Waals surface area contributed by atoms with E-state index in [0.29, 0.717) is 6.42 Å². The number of rotatable bonds is 3. The van der Waals surface area contributed by atoms with Crippen LogP contribution in [0.3, 0.4) is 0 Å². The van der Waals surface area contributed by atoms with E-state index in [2.05, 4.69) is 5.32 Å². The van der Waals surface area contributed by atoms with Crippen LogP contribution in [-0.2, 0) is 4.79 Å². The number of nitrogens with two attached hydrogens (primary N) is 1. The summed E-state index contributed by atoms with van der Waals surface area (Å²) in [5, 5.41) is 4.33. The smallest absolute Gasteiger partial charge is 0.219 e. The van der Waals surface area contributed by atoms with Crippen molar-refractivity contribution >= 4 is 22.8 Å². The first-order valence-electron chi connectivity index (χ1n) is 6.20. The van der Waals surface area contributed by atoms with Gasteiger partial charge in [-0.3, -0.25) is 9.79 Å². The summed E-state index contributed by atoms with van der Waals surface area (Å²) >= 11 is 1.78. The molecule has 5 heteroatoms. The zero-order valence-corrected chi connectivity index (χ0v) is 11.4. The van der Waals surface area contributed by atoms with Gasteiger partial charge in [-0.05, 0) is 26.7 Å². The van der Waals surface area contributed by atoms with Gasteiger partial charge in [-0.15, -0.1) is 0 Å². The van der Waals surface area contributed by atoms with E-state index in [1.807, 2.05) is 13.8 Å². The molecule has 1 fully saturated rings. The predicted octanol–water partition coefficient (Wildman–Crippen LogP) is 1.65. The highest BCUT2D eigenvalue weighted by atomic mass is 32.2. The van der Waals surface area contributed by atoms with Gasteiger partial charge in [0, 0.05) is 17.7 Å². The maximum Gasteiger partial charge on any atom is 0.219 e. The summed E-state index contributed by atoms with van der Waals surface area (Å²) in [5.74, 6) is 0.809. The number of hydrogen-bond acceptors (Lipinski definition) is 4. The van der Waals surface area contributed by atoms with E-state index in [9.17, 15) is 4.79 Å². The number of aliphatic imine (C=N–C) groups is 1. The Labute approximate surface area is 107 Å². The Hall–Kier alpha value is -0.710. The number of carbonyl (C=O) groups is 1. The van der Waals surface area contributed by atoms with Crippen LogP contribution < -0.4 is 11.1 Å². The van der Waals surface area contributed by atoms with Crippen molar-refractivity contribution in [1.82, 2.24) is 5.32 Å². The van der Waals surface area contributed by atoms with Crippen molar-refractivity contribution in [2.75, 3.05) is 5.75 Å². The molecule has 4 nitrogen and oxygen atoms in total. The minimum Gasteiger partial charge on any atom is -0.370 e. The van der Waals surface area contributed by atoms with Crippen molar-refractivity contribution in [3.63, 3.8) is 0 Å². The predicted molar refractivity (Wildman–Crippen MR) is 72.1 cm³/mol. The van der Waals surface area contributed by atoms with Gasteiger partial charge in [-0.25, -0.2) is 0 Å². The molecule has 1 aliphatic heterocycles. The molecule has 1 spiro atoms. The van der Waals surface area contributed by atoms with Crippen molar-refractivity contribution < 1.29 is 4.79 Å². The molecule has 1 amide bonds. The van der Waals surface area contributed by atoms with Crippen LogP contribution in [0.5, 0.6) is 0 Å². The van der Waals surface area contributed by atoms with Crippen LogP contribution in [0.15, 0.2) is 4.99 Å². The molecule has 0 atom stereocenters. The Balaban J connectivity index is 1.98. The lowest BCUT2D eigenvalue weighted by Gasteiger charge is -2.25. The van der Waals surface area contributed by atoms with Crippen molar-refractivity contribution in [1.29, 1.82) is 0 Å². The molecule has 96 valence electrons. The van der Waals surface area contributed by atoms with E-state index in [1.165, 1.54) is 25.7 Å². The number of carbonyl (C=O) groups excluding carboxylic acids is 1. The molecule has 0 aromatic carbocycles. The number of amidine groups is 1. The number of nitrogens with zero attached hydrogens (tertiary/aromatic N) is 1. The topological polar surface area (TPSA) is 67.5 Å². The Kier molecular flexibility index (Phi) is 3.39. The SMILES string of the molecule is CC(C)(CC(N)=O)NC1=NC2(CCCC2)CS1. The van der Waals surface area contributed by atoms with Gasteiger partial charge in [0.1, 0.15) is 0 Å². The molecule has 2 aliphatic rings. The van der Waals surface area contributed by atoms with Gasteiger partial charge in [0.2, 0.25) is 5.91 Å². The molecule has 1 aliphatic carbocycles. The molecule has 0 aromatic rings. The standard InChI is InChI=1S/C12H21N3OS/c1-11(2,7-9(13)16)14-10-15-12(8-17-10)5-3-4-6-12/h3-8H2,1-2H3,(H2,13,16)(H,14,15). The van der Waals surface area contributed by atoms with Crippen LogP contribution in [-0.4, -0.2) is 27.9 Å². The third-order valence-corrected chi connectivity index (χ3v) is 4.56. The average molecular weight is 255 g/mol. The second-order valence-electron chi connectivity index (χ2n) is 5.79. The Bertz CT molecular complexity index is 346. The first-order valence-corrected chi connectivity index (χ1v) is 7.19. The zero-order chi connectivity index (χ0) is 12.5. The van der Waals surface area contributed by atoms with Crippen molar-refractivity contribution in [2.45, 2.75) is 57.0 Å². The van der Waals surface area contributed by atoms with Gasteiger partial charge >= 0.3 is 0 Å². The van der Waals surface area contributed by atoms with E-state index in [4.69, 9.17) is 10.7 Å². The van der Waals surface area contributed by atoms with Crippen molar-refractivity contribution in [3.05, 3.63) is 0 Å². The molecule has 3 N–H and O–H groups in total. The molecular formula is C12H21N3OS.